The van der Waals surface area contributed by atoms with Crippen LogP contribution in [-0.4, -0.2) is 66.4 Å². The molecule has 1 aromatic carbocycles. The van der Waals surface area contributed by atoms with Gasteiger partial charge in [-0.3, -0.25) is 0 Å². The maximum Gasteiger partial charge on any atom is 0.407 e. The molecule has 0 radical (unpaired) electrons. The predicted molar refractivity (Wildman–Crippen MR) is 128 cm³/mol. The van der Waals surface area contributed by atoms with Gasteiger partial charge in [0.15, 0.2) is 0 Å². The molecule has 196 valence electrons. The number of ether oxygens (including phenoxy) is 2. The first-order chi connectivity index (χ1) is 17.1. The van der Waals surface area contributed by atoms with Gasteiger partial charge >= 0.3 is 16.5 Å². The summed E-state index contributed by atoms with van der Waals surface area (Å²) in [6.45, 7) is 6.44. The first kappa shape index (κ1) is 26.1. The van der Waals surface area contributed by atoms with Gasteiger partial charge in [-0.05, 0) is 37.0 Å². The van der Waals surface area contributed by atoms with Crippen LogP contribution in [0.15, 0.2) is 30.6 Å². The SMILES string of the molecule is Cc1c(Oc2ccc(C3COS(=O)(=O)OC3)cc2)ncnc1OC1CCN(C(=O)O)C(CC(C)C)C1. The number of nitrogens with zero attached hydrogens (tertiary/aromatic N) is 3. The van der Waals surface area contributed by atoms with Crippen LogP contribution in [0.1, 0.15) is 50.2 Å². The van der Waals surface area contributed by atoms with Gasteiger partial charge in [-0.1, -0.05) is 26.0 Å². The van der Waals surface area contributed by atoms with Crippen molar-refractivity contribution in [3.63, 3.8) is 0 Å². The van der Waals surface area contributed by atoms with Crippen LogP contribution in [0.25, 0.3) is 0 Å². The lowest BCUT2D eigenvalue weighted by Gasteiger charge is -2.38. The number of carbonyl (C=O) groups is 1. The number of amides is 1. The van der Waals surface area contributed by atoms with Crippen molar-refractivity contribution in [2.75, 3.05) is 19.8 Å². The van der Waals surface area contributed by atoms with Crippen LogP contribution in [0.2, 0.25) is 0 Å². The average Bonchev–Trinajstić information content (AvgIpc) is 2.82. The summed E-state index contributed by atoms with van der Waals surface area (Å²) in [5, 5.41) is 9.54. The fourth-order valence-electron chi connectivity index (χ4n) is 4.46. The third-order valence-electron chi connectivity index (χ3n) is 6.32. The molecule has 2 atom stereocenters. The number of rotatable bonds is 7. The highest BCUT2D eigenvalue weighted by atomic mass is 32.3. The number of piperidine rings is 1. The Kier molecular flexibility index (Phi) is 7.96. The van der Waals surface area contributed by atoms with Gasteiger partial charge in [-0.25, -0.2) is 23.1 Å². The molecule has 1 aromatic heterocycles. The summed E-state index contributed by atoms with van der Waals surface area (Å²) in [6, 6.07) is 7.07. The van der Waals surface area contributed by atoms with Crippen molar-refractivity contribution in [2.45, 2.75) is 58.1 Å². The number of benzene rings is 1. The van der Waals surface area contributed by atoms with Crippen molar-refractivity contribution in [1.29, 1.82) is 0 Å². The maximum absolute atomic E-state index is 11.6. The van der Waals surface area contributed by atoms with Gasteiger partial charge in [0.05, 0.1) is 18.8 Å². The normalized spacial score (nSPS) is 22.4. The van der Waals surface area contributed by atoms with Gasteiger partial charge in [-0.2, -0.15) is 8.42 Å². The quantitative estimate of drug-likeness (QED) is 0.571. The smallest absolute Gasteiger partial charge is 0.407 e. The lowest BCUT2D eigenvalue weighted by molar-refractivity contribution is 0.0450. The van der Waals surface area contributed by atoms with E-state index in [1.807, 2.05) is 19.1 Å². The lowest BCUT2D eigenvalue weighted by Crippen LogP contribution is -2.48. The summed E-state index contributed by atoms with van der Waals surface area (Å²) in [5.41, 5.74) is 1.51. The molecular weight excluding hydrogens is 490 g/mol. The molecule has 3 heterocycles. The first-order valence-electron chi connectivity index (χ1n) is 11.9. The summed E-state index contributed by atoms with van der Waals surface area (Å²) >= 11 is 0. The predicted octanol–water partition coefficient (Wildman–Crippen LogP) is 3.89. The van der Waals surface area contributed by atoms with E-state index in [2.05, 4.69) is 23.8 Å². The van der Waals surface area contributed by atoms with E-state index in [-0.39, 0.29) is 31.3 Å². The second-order valence-corrected chi connectivity index (χ2v) is 10.8. The molecule has 36 heavy (non-hydrogen) atoms. The standard InChI is InChI=1S/C24H31N3O8S/c1-15(2)10-19-11-21(8-9-27(19)24(28)29)35-23-16(3)22(25-14-26-23)34-20-6-4-17(5-7-20)18-12-32-36(30,31)33-13-18/h4-7,14-15,18-19,21H,8-13H2,1-3H3,(H,28,29). The summed E-state index contributed by atoms with van der Waals surface area (Å²) < 4.78 is 44.2. The molecule has 4 rings (SSSR count). The van der Waals surface area contributed by atoms with Crippen molar-refractivity contribution >= 4 is 16.5 Å². The van der Waals surface area contributed by atoms with Gasteiger partial charge in [0.1, 0.15) is 18.2 Å². The van der Waals surface area contributed by atoms with Crippen LogP contribution in [0.3, 0.4) is 0 Å². The molecular formula is C24H31N3O8S. The highest BCUT2D eigenvalue weighted by molar-refractivity contribution is 7.81. The Morgan fingerprint density at radius 1 is 1.17 bits per heavy atom. The van der Waals surface area contributed by atoms with Crippen molar-refractivity contribution in [1.82, 2.24) is 14.9 Å². The number of aromatic nitrogens is 2. The Hall–Kier alpha value is -2.96. The monoisotopic (exact) mass is 521 g/mol. The molecule has 2 aromatic rings. The minimum Gasteiger partial charge on any atom is -0.474 e. The van der Waals surface area contributed by atoms with E-state index in [0.717, 1.165) is 12.0 Å². The Balaban J connectivity index is 1.40. The molecule has 0 saturated carbocycles. The van der Waals surface area contributed by atoms with Crippen LogP contribution >= 0.6 is 0 Å². The van der Waals surface area contributed by atoms with E-state index in [4.69, 9.17) is 17.8 Å². The molecule has 12 heteroatoms. The van der Waals surface area contributed by atoms with E-state index in [1.165, 1.54) is 11.2 Å². The number of carboxylic acid groups (broad SMARTS) is 1. The molecule has 0 bridgehead atoms. The summed E-state index contributed by atoms with van der Waals surface area (Å²) in [7, 11) is -3.89. The highest BCUT2D eigenvalue weighted by Crippen LogP contribution is 2.32. The maximum atomic E-state index is 11.6. The zero-order chi connectivity index (χ0) is 25.9. The third-order valence-corrected chi connectivity index (χ3v) is 7.17. The van der Waals surface area contributed by atoms with E-state index in [0.29, 0.717) is 48.4 Å². The lowest BCUT2D eigenvalue weighted by atomic mass is 9.92. The summed E-state index contributed by atoms with van der Waals surface area (Å²) in [6.07, 6.45) is 2.27. The molecule has 1 N–H and O–H groups in total. The fourth-order valence-corrected chi connectivity index (χ4v) is 5.19. The Morgan fingerprint density at radius 2 is 1.83 bits per heavy atom. The summed E-state index contributed by atoms with van der Waals surface area (Å²) in [4.78, 5) is 21.7. The highest BCUT2D eigenvalue weighted by Gasteiger charge is 2.33. The van der Waals surface area contributed by atoms with Crippen molar-refractivity contribution in [3.05, 3.63) is 41.7 Å². The third kappa shape index (κ3) is 6.42. The molecule has 1 amide bonds. The number of hydrogen-bond acceptors (Lipinski definition) is 9. The Labute approximate surface area is 210 Å². The first-order valence-corrected chi connectivity index (χ1v) is 13.2. The van der Waals surface area contributed by atoms with Gasteiger partial charge in [0.25, 0.3) is 0 Å². The molecule has 0 spiro atoms. The van der Waals surface area contributed by atoms with E-state index >= 15 is 0 Å². The van der Waals surface area contributed by atoms with E-state index in [1.54, 1.807) is 12.1 Å². The Morgan fingerprint density at radius 3 is 2.47 bits per heavy atom. The topological polar surface area (TPSA) is 137 Å². The minimum absolute atomic E-state index is 0.0255. The fraction of sp³-hybridized carbons (Fsp3) is 0.542. The van der Waals surface area contributed by atoms with Gasteiger partial charge < -0.3 is 19.5 Å². The number of hydrogen-bond donors (Lipinski definition) is 1. The number of likely N-dealkylation sites (tertiary alicyclic amines) is 1. The van der Waals surface area contributed by atoms with E-state index < -0.39 is 16.5 Å². The van der Waals surface area contributed by atoms with Crippen molar-refractivity contribution in [3.8, 4) is 17.5 Å². The molecule has 11 nitrogen and oxygen atoms in total. The zero-order valence-corrected chi connectivity index (χ0v) is 21.3. The van der Waals surface area contributed by atoms with Crippen molar-refractivity contribution in [2.24, 2.45) is 5.92 Å². The second kappa shape index (κ2) is 11.0. The van der Waals surface area contributed by atoms with Crippen LogP contribution in [0, 0.1) is 12.8 Å². The molecule has 2 fully saturated rings. The molecule has 2 aliphatic heterocycles. The summed E-state index contributed by atoms with van der Waals surface area (Å²) in [5.74, 6) is 1.48. The minimum atomic E-state index is -3.89. The van der Waals surface area contributed by atoms with Gasteiger partial charge in [0.2, 0.25) is 11.8 Å². The molecule has 2 unspecified atom stereocenters. The van der Waals surface area contributed by atoms with Crippen LogP contribution < -0.4 is 9.47 Å². The average molecular weight is 522 g/mol. The van der Waals surface area contributed by atoms with Crippen LogP contribution in [0.5, 0.6) is 17.5 Å². The van der Waals surface area contributed by atoms with Gasteiger partial charge in [-0.15, -0.1) is 0 Å². The van der Waals surface area contributed by atoms with Crippen LogP contribution in [0.4, 0.5) is 4.79 Å². The van der Waals surface area contributed by atoms with Crippen molar-refractivity contribution < 1.29 is 36.2 Å². The molecule has 2 saturated heterocycles. The Bertz CT molecular complexity index is 1160. The molecule has 0 aliphatic carbocycles. The molecule has 2 aliphatic rings. The second-order valence-electron chi connectivity index (χ2n) is 9.48. The van der Waals surface area contributed by atoms with E-state index in [9.17, 15) is 18.3 Å². The van der Waals surface area contributed by atoms with Gasteiger partial charge in [0, 0.05) is 31.3 Å². The van der Waals surface area contributed by atoms with Crippen LogP contribution in [-0.2, 0) is 18.8 Å². The largest absolute Gasteiger partial charge is 0.474 e. The zero-order valence-electron chi connectivity index (χ0n) is 20.5.